The number of carboxylic acid groups (broad SMARTS) is 1. The van der Waals surface area contributed by atoms with Gasteiger partial charge in [0, 0.05) is 56.8 Å². The maximum absolute atomic E-state index is 12.3. The van der Waals surface area contributed by atoms with E-state index in [4.69, 9.17) is 0 Å². The average Bonchev–Trinajstić information content (AvgIpc) is 3.15. The Hall–Kier alpha value is -1.98. The number of pyridine rings is 1. The largest absolute Gasteiger partial charge is 0.481 e. The molecule has 2 atom stereocenters. The number of benzene rings is 1. The molecule has 3 aliphatic rings. The van der Waals surface area contributed by atoms with Gasteiger partial charge in [-0.25, -0.2) is 0 Å². The third-order valence-electron chi connectivity index (χ3n) is 7.37. The molecule has 1 N–H and O–H groups in total. The van der Waals surface area contributed by atoms with Gasteiger partial charge in [-0.05, 0) is 42.9 Å². The van der Waals surface area contributed by atoms with E-state index in [1.54, 1.807) is 0 Å². The van der Waals surface area contributed by atoms with E-state index in [0.717, 1.165) is 44.2 Å². The van der Waals surface area contributed by atoms with Gasteiger partial charge in [0.15, 0.2) is 0 Å². The van der Waals surface area contributed by atoms with Crippen molar-refractivity contribution in [1.82, 2.24) is 14.8 Å². The topological polar surface area (TPSA) is 56.7 Å². The minimum Gasteiger partial charge on any atom is -0.481 e. The van der Waals surface area contributed by atoms with E-state index in [2.05, 4.69) is 39.9 Å². The predicted octanol–water partition coefficient (Wildman–Crippen LogP) is 3.16. The molecule has 1 saturated carbocycles. The molecular formula is C23H29N3O2. The number of hydrogen-bond acceptors (Lipinski definition) is 4. The number of nitrogens with zero attached hydrogens (tertiary/aromatic N) is 3. The fraction of sp³-hybridized carbons (Fsp3) is 0.565. The maximum Gasteiger partial charge on any atom is 0.312 e. The number of aryl methyl sites for hydroxylation is 1. The van der Waals surface area contributed by atoms with Crippen LogP contribution in [0, 0.1) is 24.2 Å². The zero-order chi connectivity index (χ0) is 19.3. The molecule has 5 heteroatoms. The van der Waals surface area contributed by atoms with Crippen LogP contribution in [0.5, 0.6) is 0 Å². The summed E-state index contributed by atoms with van der Waals surface area (Å²) >= 11 is 0. The Morgan fingerprint density at radius 1 is 1.21 bits per heavy atom. The van der Waals surface area contributed by atoms with E-state index in [-0.39, 0.29) is 5.92 Å². The summed E-state index contributed by atoms with van der Waals surface area (Å²) in [5, 5.41) is 11.3. The van der Waals surface area contributed by atoms with Crippen molar-refractivity contribution in [2.45, 2.75) is 32.7 Å². The van der Waals surface area contributed by atoms with Crippen molar-refractivity contribution in [2.24, 2.45) is 17.3 Å². The minimum atomic E-state index is -0.605. The van der Waals surface area contributed by atoms with Crippen LogP contribution in [0.4, 0.5) is 0 Å². The highest BCUT2D eigenvalue weighted by molar-refractivity contribution is 5.84. The summed E-state index contributed by atoms with van der Waals surface area (Å²) in [6, 6.07) is 8.44. The first kappa shape index (κ1) is 18.1. The number of rotatable bonds is 5. The van der Waals surface area contributed by atoms with Crippen LogP contribution in [0.25, 0.3) is 10.9 Å². The molecule has 3 heterocycles. The van der Waals surface area contributed by atoms with Crippen LogP contribution in [0.3, 0.4) is 0 Å². The Bertz CT molecular complexity index is 910. The molecule has 1 aromatic carbocycles. The summed E-state index contributed by atoms with van der Waals surface area (Å²) in [5.41, 5.74) is 2.90. The van der Waals surface area contributed by atoms with Crippen LogP contribution < -0.4 is 0 Å². The highest BCUT2D eigenvalue weighted by Crippen LogP contribution is 2.44. The second-order valence-corrected chi connectivity index (χ2v) is 9.26. The first-order valence-electron chi connectivity index (χ1n) is 10.6. The maximum atomic E-state index is 12.3. The number of fused-ring (bicyclic) bond motifs is 2. The molecule has 0 unspecified atom stereocenters. The van der Waals surface area contributed by atoms with Crippen molar-refractivity contribution >= 4 is 16.9 Å². The van der Waals surface area contributed by atoms with Crippen LogP contribution in [-0.4, -0.2) is 58.6 Å². The number of hydrogen-bond donors (Lipinski definition) is 1. The molecule has 3 fully saturated rings. The number of carbonyl (C=O) groups is 1. The van der Waals surface area contributed by atoms with Crippen LogP contribution in [-0.2, 0) is 11.3 Å². The molecule has 2 aliphatic heterocycles. The number of carboxylic acids is 1. The van der Waals surface area contributed by atoms with Crippen molar-refractivity contribution in [1.29, 1.82) is 0 Å². The predicted molar refractivity (Wildman–Crippen MR) is 109 cm³/mol. The quantitative estimate of drug-likeness (QED) is 0.865. The monoisotopic (exact) mass is 379 g/mol. The van der Waals surface area contributed by atoms with Gasteiger partial charge in [-0.2, -0.15) is 0 Å². The van der Waals surface area contributed by atoms with Crippen molar-refractivity contribution in [3.63, 3.8) is 0 Å². The van der Waals surface area contributed by atoms with Crippen LogP contribution >= 0.6 is 0 Å². The fourth-order valence-electron chi connectivity index (χ4n) is 5.63. The van der Waals surface area contributed by atoms with E-state index in [1.807, 2.05) is 12.3 Å². The molecule has 1 aromatic heterocycles. The lowest BCUT2D eigenvalue weighted by atomic mass is 9.81. The third-order valence-corrected chi connectivity index (χ3v) is 7.37. The Kier molecular flexibility index (Phi) is 4.40. The van der Waals surface area contributed by atoms with Crippen molar-refractivity contribution in [3.8, 4) is 0 Å². The van der Waals surface area contributed by atoms with E-state index in [0.29, 0.717) is 6.54 Å². The second kappa shape index (κ2) is 6.82. The van der Waals surface area contributed by atoms with Gasteiger partial charge < -0.3 is 10.0 Å². The molecule has 148 valence electrons. The Morgan fingerprint density at radius 2 is 2.00 bits per heavy atom. The van der Waals surface area contributed by atoms with E-state index in [9.17, 15) is 9.90 Å². The van der Waals surface area contributed by atoms with Gasteiger partial charge >= 0.3 is 5.97 Å². The summed E-state index contributed by atoms with van der Waals surface area (Å²) in [6.45, 7) is 7.19. The smallest absolute Gasteiger partial charge is 0.312 e. The highest BCUT2D eigenvalue weighted by Gasteiger charge is 2.57. The molecule has 5 nitrogen and oxygen atoms in total. The first-order chi connectivity index (χ1) is 13.5. The van der Waals surface area contributed by atoms with Gasteiger partial charge in [-0.3, -0.25) is 14.7 Å². The second-order valence-electron chi connectivity index (χ2n) is 9.26. The Labute approximate surface area is 166 Å². The SMILES string of the molecule is Cc1ccc(CN2C[C@H]3CN(CC4CCC4)C[C@@]3(C(=O)O)C2)c2cccnc12. The lowest BCUT2D eigenvalue weighted by Crippen LogP contribution is -2.41. The summed E-state index contributed by atoms with van der Waals surface area (Å²) < 4.78 is 0. The van der Waals surface area contributed by atoms with Crippen molar-refractivity contribution in [3.05, 3.63) is 41.6 Å². The normalized spacial score (nSPS) is 28.5. The summed E-state index contributed by atoms with van der Waals surface area (Å²) in [6.07, 6.45) is 5.83. The van der Waals surface area contributed by atoms with Gasteiger partial charge in [0.05, 0.1) is 10.9 Å². The molecule has 1 aliphatic carbocycles. The van der Waals surface area contributed by atoms with Gasteiger partial charge in [0.2, 0.25) is 0 Å². The Morgan fingerprint density at radius 3 is 2.71 bits per heavy atom. The van der Waals surface area contributed by atoms with Gasteiger partial charge in [0.25, 0.3) is 0 Å². The molecule has 0 bridgehead atoms. The fourth-order valence-corrected chi connectivity index (χ4v) is 5.63. The summed E-state index contributed by atoms with van der Waals surface area (Å²) in [7, 11) is 0. The van der Waals surface area contributed by atoms with E-state index < -0.39 is 11.4 Å². The molecule has 2 saturated heterocycles. The van der Waals surface area contributed by atoms with Crippen molar-refractivity contribution < 1.29 is 9.90 Å². The van der Waals surface area contributed by atoms with Crippen LogP contribution in [0.15, 0.2) is 30.5 Å². The summed E-state index contributed by atoms with van der Waals surface area (Å²) in [5.74, 6) is 0.429. The molecule has 0 amide bonds. The Balaban J connectivity index is 1.34. The van der Waals surface area contributed by atoms with Gasteiger partial charge in [-0.15, -0.1) is 0 Å². The van der Waals surface area contributed by atoms with Gasteiger partial charge in [0.1, 0.15) is 0 Å². The van der Waals surface area contributed by atoms with Crippen LogP contribution in [0.2, 0.25) is 0 Å². The van der Waals surface area contributed by atoms with Crippen LogP contribution in [0.1, 0.15) is 30.4 Å². The highest BCUT2D eigenvalue weighted by atomic mass is 16.4. The molecule has 0 spiro atoms. The number of aromatic nitrogens is 1. The zero-order valence-electron chi connectivity index (χ0n) is 16.6. The van der Waals surface area contributed by atoms with E-state index >= 15 is 0 Å². The summed E-state index contributed by atoms with van der Waals surface area (Å²) in [4.78, 5) is 21.7. The lowest BCUT2D eigenvalue weighted by Gasteiger charge is -2.31. The lowest BCUT2D eigenvalue weighted by molar-refractivity contribution is -0.149. The number of likely N-dealkylation sites (tertiary alicyclic amines) is 2. The molecular weight excluding hydrogens is 350 g/mol. The zero-order valence-corrected chi connectivity index (χ0v) is 16.6. The standard InChI is InChI=1S/C23H29N3O2/c1-16-7-8-18(20-6-3-9-24-21(16)20)11-26-13-19-12-25(10-17-4-2-5-17)14-23(19,15-26)22(27)28/h3,6-9,17,19H,2,4-5,10-15H2,1H3,(H,27,28)/t19-,23-/m1/s1. The third kappa shape index (κ3) is 2.92. The average molecular weight is 380 g/mol. The molecule has 0 radical (unpaired) electrons. The van der Waals surface area contributed by atoms with E-state index in [1.165, 1.54) is 35.8 Å². The van der Waals surface area contributed by atoms with Gasteiger partial charge in [-0.1, -0.05) is 24.6 Å². The van der Waals surface area contributed by atoms with Crippen molar-refractivity contribution in [2.75, 3.05) is 32.7 Å². The minimum absolute atomic E-state index is 0.236. The molecule has 28 heavy (non-hydrogen) atoms. The first-order valence-corrected chi connectivity index (χ1v) is 10.6. The number of aliphatic carboxylic acids is 1. The molecule has 5 rings (SSSR count). The molecule has 2 aromatic rings.